The number of carbonyl (C=O) groups is 3. The Morgan fingerprint density at radius 1 is 1.06 bits per heavy atom. The Morgan fingerprint density at radius 3 is 2.58 bits per heavy atom. The maximum atomic E-state index is 13.3. The second-order valence-corrected chi connectivity index (χ2v) is 9.45. The third kappa shape index (κ3) is 3.72. The van der Waals surface area contributed by atoms with E-state index in [-0.39, 0.29) is 12.5 Å². The van der Waals surface area contributed by atoms with Crippen molar-refractivity contribution in [2.24, 2.45) is 0 Å². The van der Waals surface area contributed by atoms with Crippen LogP contribution < -0.4 is 5.32 Å². The first-order chi connectivity index (χ1) is 15.8. The predicted molar refractivity (Wildman–Crippen MR) is 128 cm³/mol. The van der Waals surface area contributed by atoms with Gasteiger partial charge in [-0.05, 0) is 41.5 Å². The van der Waals surface area contributed by atoms with Crippen LogP contribution in [0.25, 0.3) is 21.0 Å². The van der Waals surface area contributed by atoms with E-state index in [0.29, 0.717) is 12.1 Å². The number of rotatable bonds is 5. The lowest BCUT2D eigenvalue weighted by Crippen LogP contribution is -2.43. The second kappa shape index (κ2) is 7.97. The first-order valence-electron chi connectivity index (χ1n) is 10.6. The maximum absolute atomic E-state index is 13.3. The minimum Gasteiger partial charge on any atom is -0.337 e. The monoisotopic (exact) mass is 458 g/mol. The molecule has 1 aliphatic rings. The quantitative estimate of drug-likeness (QED) is 0.460. The van der Waals surface area contributed by atoms with Crippen LogP contribution in [-0.4, -0.2) is 46.2 Å². The van der Waals surface area contributed by atoms with Crippen LogP contribution in [0, 0.1) is 0 Å². The van der Waals surface area contributed by atoms with Gasteiger partial charge in [-0.25, -0.2) is 9.78 Å². The first kappa shape index (κ1) is 21.1. The number of imide groups is 1. The van der Waals surface area contributed by atoms with E-state index < -0.39 is 17.5 Å². The number of fused-ring (bicyclic) bond motifs is 2. The van der Waals surface area contributed by atoms with Gasteiger partial charge in [0, 0.05) is 7.05 Å². The number of thiazole rings is 1. The van der Waals surface area contributed by atoms with Crippen LogP contribution in [0.5, 0.6) is 0 Å². The number of urea groups is 1. The van der Waals surface area contributed by atoms with Gasteiger partial charge in [0.25, 0.3) is 5.91 Å². The summed E-state index contributed by atoms with van der Waals surface area (Å²) in [5, 5.41) is 5.60. The maximum Gasteiger partial charge on any atom is 0.325 e. The molecule has 2 heterocycles. The number of aromatic nitrogens is 1. The molecule has 1 atom stereocenters. The average Bonchev–Trinajstić information content (AvgIpc) is 3.32. The van der Waals surface area contributed by atoms with Crippen LogP contribution in [0.4, 0.5) is 4.79 Å². The van der Waals surface area contributed by atoms with Gasteiger partial charge in [-0.15, -0.1) is 11.3 Å². The molecule has 8 heteroatoms. The van der Waals surface area contributed by atoms with E-state index in [0.717, 1.165) is 30.9 Å². The summed E-state index contributed by atoms with van der Waals surface area (Å²) in [7, 11) is 1.65. The molecule has 1 N–H and O–H groups in total. The van der Waals surface area contributed by atoms with Crippen LogP contribution in [0.1, 0.15) is 17.5 Å². The largest absolute Gasteiger partial charge is 0.337 e. The highest BCUT2D eigenvalue weighted by Gasteiger charge is 2.49. The van der Waals surface area contributed by atoms with E-state index in [1.54, 1.807) is 14.0 Å². The number of benzene rings is 3. The van der Waals surface area contributed by atoms with Crippen LogP contribution >= 0.6 is 11.3 Å². The summed E-state index contributed by atoms with van der Waals surface area (Å²) >= 11 is 1.52. The smallest absolute Gasteiger partial charge is 0.325 e. The summed E-state index contributed by atoms with van der Waals surface area (Å²) < 4.78 is 1.05. The summed E-state index contributed by atoms with van der Waals surface area (Å²) in [6, 6.07) is 20.7. The van der Waals surface area contributed by atoms with E-state index in [1.165, 1.54) is 16.2 Å². The average molecular weight is 459 g/mol. The summed E-state index contributed by atoms with van der Waals surface area (Å²) in [5.74, 6) is -0.773. The molecule has 0 spiro atoms. The lowest BCUT2D eigenvalue weighted by atomic mass is 9.90. The molecular weight excluding hydrogens is 436 g/mol. The second-order valence-electron chi connectivity index (χ2n) is 8.33. The Balaban J connectivity index is 1.32. The third-order valence-electron chi connectivity index (χ3n) is 6.03. The minimum atomic E-state index is -1.23. The van der Waals surface area contributed by atoms with Crippen molar-refractivity contribution in [3.63, 3.8) is 0 Å². The molecule has 1 unspecified atom stereocenters. The molecule has 3 aromatic carbocycles. The van der Waals surface area contributed by atoms with Crippen LogP contribution in [0.15, 0.2) is 66.7 Å². The SMILES string of the molecule is CN(Cc1nc2ccccc2s1)C(=O)CN1C(=O)NC(C)(c2ccc3ccccc3c2)C1=O. The Morgan fingerprint density at radius 2 is 1.79 bits per heavy atom. The molecule has 1 aliphatic heterocycles. The summed E-state index contributed by atoms with van der Waals surface area (Å²) in [4.78, 5) is 45.8. The molecule has 1 fully saturated rings. The van der Waals surface area contributed by atoms with Crippen molar-refractivity contribution in [1.29, 1.82) is 0 Å². The van der Waals surface area contributed by atoms with Gasteiger partial charge in [0.15, 0.2) is 0 Å². The highest BCUT2D eigenvalue weighted by Crippen LogP contribution is 2.31. The molecule has 33 heavy (non-hydrogen) atoms. The van der Waals surface area contributed by atoms with Crippen molar-refractivity contribution in [2.75, 3.05) is 13.6 Å². The van der Waals surface area contributed by atoms with Gasteiger partial charge in [0.2, 0.25) is 5.91 Å². The number of amides is 4. The Labute approximate surface area is 194 Å². The molecule has 0 saturated carbocycles. The predicted octanol–water partition coefficient (Wildman–Crippen LogP) is 3.88. The van der Waals surface area contributed by atoms with Gasteiger partial charge in [-0.1, -0.05) is 48.5 Å². The molecule has 1 saturated heterocycles. The van der Waals surface area contributed by atoms with Crippen molar-refractivity contribution < 1.29 is 14.4 Å². The topological polar surface area (TPSA) is 82.6 Å². The van der Waals surface area contributed by atoms with Gasteiger partial charge in [0.1, 0.15) is 17.1 Å². The molecule has 0 aliphatic carbocycles. The normalized spacial score (nSPS) is 18.2. The van der Waals surface area contributed by atoms with E-state index in [2.05, 4.69) is 10.3 Å². The van der Waals surface area contributed by atoms with Crippen molar-refractivity contribution in [3.05, 3.63) is 77.3 Å². The van der Waals surface area contributed by atoms with E-state index in [9.17, 15) is 14.4 Å². The lowest BCUT2D eigenvalue weighted by molar-refractivity contribution is -0.138. The van der Waals surface area contributed by atoms with Crippen LogP contribution in [0.3, 0.4) is 0 Å². The molecule has 5 rings (SSSR count). The zero-order chi connectivity index (χ0) is 23.2. The van der Waals surface area contributed by atoms with Gasteiger partial charge >= 0.3 is 6.03 Å². The van der Waals surface area contributed by atoms with E-state index in [4.69, 9.17) is 0 Å². The molecule has 4 aromatic rings. The fourth-order valence-electron chi connectivity index (χ4n) is 4.07. The van der Waals surface area contributed by atoms with Gasteiger partial charge in [0.05, 0.1) is 16.8 Å². The lowest BCUT2D eigenvalue weighted by Gasteiger charge is -2.23. The van der Waals surface area contributed by atoms with Crippen molar-refractivity contribution in [2.45, 2.75) is 19.0 Å². The Kier molecular flexibility index (Phi) is 5.09. The number of nitrogens with zero attached hydrogens (tertiary/aromatic N) is 3. The minimum absolute atomic E-state index is 0.309. The first-order valence-corrected chi connectivity index (χ1v) is 11.4. The molecule has 4 amide bonds. The highest BCUT2D eigenvalue weighted by molar-refractivity contribution is 7.18. The summed E-state index contributed by atoms with van der Waals surface area (Å²) in [6.45, 7) is 1.66. The van der Waals surface area contributed by atoms with Crippen molar-refractivity contribution in [3.8, 4) is 0 Å². The number of hydrogen-bond donors (Lipinski definition) is 1. The van der Waals surface area contributed by atoms with Gasteiger partial charge in [-0.3, -0.25) is 14.5 Å². The zero-order valence-corrected chi connectivity index (χ0v) is 19.1. The standard InChI is InChI=1S/C25H22N4O3S/c1-25(18-12-11-16-7-3-4-8-17(16)13-18)23(31)29(24(32)27-25)15-22(30)28(2)14-21-26-19-9-5-6-10-20(19)33-21/h3-13H,14-15H2,1-2H3,(H,27,32). The Bertz CT molecular complexity index is 1380. The van der Waals surface area contributed by atoms with Gasteiger partial charge in [-0.2, -0.15) is 0 Å². The Hall–Kier alpha value is -3.78. The summed E-state index contributed by atoms with van der Waals surface area (Å²) in [6.07, 6.45) is 0. The fraction of sp³-hybridized carbons (Fsp3) is 0.200. The fourth-order valence-corrected chi connectivity index (χ4v) is 5.09. The van der Waals surface area contributed by atoms with Crippen molar-refractivity contribution in [1.82, 2.24) is 20.1 Å². The van der Waals surface area contributed by atoms with E-state index in [1.807, 2.05) is 66.7 Å². The van der Waals surface area contributed by atoms with Crippen molar-refractivity contribution >= 4 is 50.2 Å². The number of para-hydroxylation sites is 1. The number of likely N-dealkylation sites (N-methyl/N-ethyl adjacent to an activating group) is 1. The van der Waals surface area contributed by atoms with E-state index >= 15 is 0 Å². The molecular formula is C25H22N4O3S. The molecule has 166 valence electrons. The molecule has 0 radical (unpaired) electrons. The third-order valence-corrected chi connectivity index (χ3v) is 7.05. The number of carbonyl (C=O) groups excluding carboxylic acids is 3. The molecule has 0 bridgehead atoms. The van der Waals surface area contributed by atoms with Crippen LogP contribution in [0.2, 0.25) is 0 Å². The number of nitrogens with one attached hydrogen (secondary N) is 1. The number of hydrogen-bond acceptors (Lipinski definition) is 5. The highest BCUT2D eigenvalue weighted by atomic mass is 32.1. The van der Waals surface area contributed by atoms with Gasteiger partial charge < -0.3 is 10.2 Å². The molecule has 1 aromatic heterocycles. The zero-order valence-electron chi connectivity index (χ0n) is 18.2. The molecule has 7 nitrogen and oxygen atoms in total. The summed E-state index contributed by atoms with van der Waals surface area (Å²) in [5.41, 5.74) is 0.337. The van der Waals surface area contributed by atoms with Crippen LogP contribution in [-0.2, 0) is 21.7 Å².